The summed E-state index contributed by atoms with van der Waals surface area (Å²) in [6.45, 7) is 3.47. The van der Waals surface area contributed by atoms with E-state index in [9.17, 15) is 0 Å². The molecule has 0 bridgehead atoms. The molecule has 1 rings (SSSR count). The van der Waals surface area contributed by atoms with Crippen LogP contribution in [0.4, 0.5) is 0 Å². The maximum Gasteiger partial charge on any atom is 0.0450 e. The molecular weight excluding hydrogens is 184 g/mol. The molecule has 72 valence electrons. The molecule has 0 saturated carbocycles. The van der Waals surface area contributed by atoms with Crippen molar-refractivity contribution < 1.29 is 0 Å². The molecule has 0 saturated heterocycles. The third-order valence-corrected chi connectivity index (χ3v) is 2.32. The summed E-state index contributed by atoms with van der Waals surface area (Å²) in [5.41, 5.74) is 6.59. The van der Waals surface area contributed by atoms with Gasteiger partial charge in [0.1, 0.15) is 0 Å². The van der Waals surface area contributed by atoms with E-state index in [-0.39, 0.29) is 0 Å². The zero-order chi connectivity index (χ0) is 9.68. The second-order valence-electron chi connectivity index (χ2n) is 3.11. The van der Waals surface area contributed by atoms with Crippen molar-refractivity contribution in [1.82, 2.24) is 5.32 Å². The van der Waals surface area contributed by atoms with E-state index < -0.39 is 0 Å². The summed E-state index contributed by atoms with van der Waals surface area (Å²) in [6.07, 6.45) is 0. The van der Waals surface area contributed by atoms with Crippen LogP contribution in [-0.2, 0) is 6.54 Å². The van der Waals surface area contributed by atoms with Gasteiger partial charge >= 0.3 is 0 Å². The Morgan fingerprint density at radius 3 is 2.77 bits per heavy atom. The lowest BCUT2D eigenvalue weighted by Crippen LogP contribution is -2.32. The predicted octanol–water partition coefficient (Wildman–Crippen LogP) is 1.78. The molecule has 0 aliphatic rings. The SMILES string of the molecule is C[C@@H](CN)NCc1ccccc1Cl. The summed E-state index contributed by atoms with van der Waals surface area (Å²) in [6, 6.07) is 8.15. The number of benzene rings is 1. The Kier molecular flexibility index (Phi) is 4.22. The fraction of sp³-hybridized carbons (Fsp3) is 0.400. The molecule has 0 unspecified atom stereocenters. The highest BCUT2D eigenvalue weighted by Crippen LogP contribution is 2.14. The number of nitrogens with one attached hydrogen (secondary N) is 1. The van der Waals surface area contributed by atoms with Crippen LogP contribution in [0.1, 0.15) is 12.5 Å². The van der Waals surface area contributed by atoms with Crippen molar-refractivity contribution in [2.24, 2.45) is 5.73 Å². The smallest absolute Gasteiger partial charge is 0.0450 e. The zero-order valence-corrected chi connectivity index (χ0v) is 8.51. The molecular formula is C10H15ClN2. The summed E-state index contributed by atoms with van der Waals surface area (Å²) >= 11 is 5.98. The molecule has 0 radical (unpaired) electrons. The van der Waals surface area contributed by atoms with Crippen LogP contribution in [0.25, 0.3) is 0 Å². The van der Waals surface area contributed by atoms with Crippen LogP contribution in [0.3, 0.4) is 0 Å². The highest BCUT2D eigenvalue weighted by molar-refractivity contribution is 6.31. The van der Waals surface area contributed by atoms with E-state index in [1.807, 2.05) is 24.3 Å². The van der Waals surface area contributed by atoms with Crippen LogP contribution in [0.2, 0.25) is 5.02 Å². The molecule has 1 aromatic carbocycles. The summed E-state index contributed by atoms with van der Waals surface area (Å²) in [5, 5.41) is 4.08. The Morgan fingerprint density at radius 2 is 2.15 bits per heavy atom. The predicted molar refractivity (Wildman–Crippen MR) is 56.8 cm³/mol. The van der Waals surface area contributed by atoms with Crippen LogP contribution in [0.5, 0.6) is 0 Å². The van der Waals surface area contributed by atoms with Crippen molar-refractivity contribution in [3.63, 3.8) is 0 Å². The quantitative estimate of drug-likeness (QED) is 0.774. The second kappa shape index (κ2) is 5.22. The summed E-state index contributed by atoms with van der Waals surface area (Å²) in [7, 11) is 0. The molecule has 2 nitrogen and oxygen atoms in total. The van der Waals surface area contributed by atoms with Gasteiger partial charge in [-0.15, -0.1) is 0 Å². The van der Waals surface area contributed by atoms with Gasteiger partial charge in [-0.05, 0) is 18.6 Å². The largest absolute Gasteiger partial charge is 0.329 e. The van der Waals surface area contributed by atoms with E-state index in [1.165, 1.54) is 0 Å². The molecule has 1 aromatic rings. The van der Waals surface area contributed by atoms with Crippen molar-refractivity contribution in [2.45, 2.75) is 19.5 Å². The Bertz CT molecular complexity index is 263. The molecule has 0 amide bonds. The van der Waals surface area contributed by atoms with Gasteiger partial charge in [0, 0.05) is 24.2 Å². The molecule has 0 spiro atoms. The van der Waals surface area contributed by atoms with Crippen LogP contribution in [0, 0.1) is 0 Å². The fourth-order valence-electron chi connectivity index (χ4n) is 1.01. The molecule has 3 N–H and O–H groups in total. The molecule has 1 atom stereocenters. The van der Waals surface area contributed by atoms with E-state index in [4.69, 9.17) is 17.3 Å². The molecule has 3 heteroatoms. The minimum absolute atomic E-state index is 0.330. The van der Waals surface area contributed by atoms with Gasteiger partial charge in [0.05, 0.1) is 0 Å². The lowest BCUT2D eigenvalue weighted by molar-refractivity contribution is 0.556. The average Bonchev–Trinajstić information content (AvgIpc) is 2.16. The molecule has 0 heterocycles. The molecule has 0 aliphatic heterocycles. The lowest BCUT2D eigenvalue weighted by atomic mass is 10.2. The molecule has 0 aromatic heterocycles. The number of hydrogen-bond acceptors (Lipinski definition) is 2. The standard InChI is InChI=1S/C10H15ClN2/c1-8(6-12)13-7-9-4-2-3-5-10(9)11/h2-5,8,13H,6-7,12H2,1H3/t8-/m0/s1. The molecule has 0 fully saturated rings. The lowest BCUT2D eigenvalue weighted by Gasteiger charge is -2.11. The first kappa shape index (κ1) is 10.5. The minimum atomic E-state index is 0.330. The van der Waals surface area contributed by atoms with Crippen LogP contribution in [0.15, 0.2) is 24.3 Å². The van der Waals surface area contributed by atoms with Crippen LogP contribution < -0.4 is 11.1 Å². The Hall–Kier alpha value is -0.570. The van der Waals surface area contributed by atoms with Crippen LogP contribution in [-0.4, -0.2) is 12.6 Å². The average molecular weight is 199 g/mol. The van der Waals surface area contributed by atoms with Gasteiger partial charge in [-0.25, -0.2) is 0 Å². The highest BCUT2D eigenvalue weighted by atomic mass is 35.5. The van der Waals surface area contributed by atoms with Crippen molar-refractivity contribution >= 4 is 11.6 Å². The Balaban J connectivity index is 2.50. The minimum Gasteiger partial charge on any atom is -0.329 e. The third kappa shape index (κ3) is 3.35. The first-order chi connectivity index (χ1) is 6.24. The normalized spacial score (nSPS) is 12.8. The Morgan fingerprint density at radius 1 is 1.46 bits per heavy atom. The van der Waals surface area contributed by atoms with E-state index >= 15 is 0 Å². The van der Waals surface area contributed by atoms with Crippen molar-refractivity contribution in [2.75, 3.05) is 6.54 Å². The summed E-state index contributed by atoms with van der Waals surface area (Å²) < 4.78 is 0. The monoisotopic (exact) mass is 198 g/mol. The number of nitrogens with two attached hydrogens (primary N) is 1. The van der Waals surface area contributed by atoms with Crippen LogP contribution >= 0.6 is 11.6 Å². The maximum atomic E-state index is 5.98. The first-order valence-electron chi connectivity index (χ1n) is 4.41. The third-order valence-electron chi connectivity index (χ3n) is 1.95. The van der Waals surface area contributed by atoms with Gasteiger partial charge in [0.15, 0.2) is 0 Å². The van der Waals surface area contributed by atoms with E-state index in [0.29, 0.717) is 12.6 Å². The van der Waals surface area contributed by atoms with Gasteiger partial charge in [-0.2, -0.15) is 0 Å². The summed E-state index contributed by atoms with van der Waals surface area (Å²) in [4.78, 5) is 0. The maximum absolute atomic E-state index is 5.98. The van der Waals surface area contributed by atoms with Crippen molar-refractivity contribution in [3.05, 3.63) is 34.9 Å². The number of halogens is 1. The first-order valence-corrected chi connectivity index (χ1v) is 4.78. The number of hydrogen-bond donors (Lipinski definition) is 2. The van der Waals surface area contributed by atoms with Gasteiger partial charge in [-0.3, -0.25) is 0 Å². The highest BCUT2D eigenvalue weighted by Gasteiger charge is 2.00. The topological polar surface area (TPSA) is 38.0 Å². The summed E-state index contributed by atoms with van der Waals surface area (Å²) in [5.74, 6) is 0. The van der Waals surface area contributed by atoms with E-state index in [2.05, 4.69) is 12.2 Å². The van der Waals surface area contributed by atoms with Gasteiger partial charge < -0.3 is 11.1 Å². The van der Waals surface area contributed by atoms with E-state index in [1.54, 1.807) is 0 Å². The second-order valence-corrected chi connectivity index (χ2v) is 3.52. The van der Waals surface area contributed by atoms with Gasteiger partial charge in [-0.1, -0.05) is 29.8 Å². The van der Waals surface area contributed by atoms with Gasteiger partial charge in [0.25, 0.3) is 0 Å². The molecule has 0 aliphatic carbocycles. The van der Waals surface area contributed by atoms with E-state index in [0.717, 1.165) is 17.1 Å². The van der Waals surface area contributed by atoms with Crippen molar-refractivity contribution in [1.29, 1.82) is 0 Å². The molecule has 13 heavy (non-hydrogen) atoms. The van der Waals surface area contributed by atoms with Crippen molar-refractivity contribution in [3.8, 4) is 0 Å². The van der Waals surface area contributed by atoms with Gasteiger partial charge in [0.2, 0.25) is 0 Å². The zero-order valence-electron chi connectivity index (χ0n) is 7.76. The fourth-order valence-corrected chi connectivity index (χ4v) is 1.21. The Labute approximate surface area is 84.1 Å². The number of rotatable bonds is 4.